The third-order valence-electron chi connectivity index (χ3n) is 4.37. The molecule has 1 aromatic heterocycles. The molecular weight excluding hydrogens is 324 g/mol. The molecule has 1 N–H and O–H groups in total. The van der Waals surface area contributed by atoms with Crippen molar-refractivity contribution in [1.29, 1.82) is 0 Å². The SMILES string of the molecule is CC(NC1CCN(c2cnn(C)c2)C1=O)c1ccc(S(C)=O)cc1. The topological polar surface area (TPSA) is 67.2 Å². The first-order valence-corrected chi connectivity index (χ1v) is 9.51. The Hall–Kier alpha value is -1.99. The lowest BCUT2D eigenvalue weighted by Gasteiger charge is -2.20. The molecule has 1 aliphatic heterocycles. The minimum absolute atomic E-state index is 0.0483. The predicted octanol–water partition coefficient (Wildman–Crippen LogP) is 1.61. The molecule has 0 spiro atoms. The van der Waals surface area contributed by atoms with Gasteiger partial charge in [0, 0.05) is 47.8 Å². The van der Waals surface area contributed by atoms with Crippen LogP contribution < -0.4 is 10.2 Å². The van der Waals surface area contributed by atoms with Crippen LogP contribution in [0.5, 0.6) is 0 Å². The maximum atomic E-state index is 12.6. The number of anilines is 1. The fraction of sp³-hybridized carbons (Fsp3) is 0.412. The highest BCUT2D eigenvalue weighted by molar-refractivity contribution is 7.84. The van der Waals surface area contributed by atoms with Crippen molar-refractivity contribution in [3.05, 3.63) is 42.2 Å². The molecule has 3 rings (SSSR count). The van der Waals surface area contributed by atoms with Crippen LogP contribution in [0.15, 0.2) is 41.6 Å². The van der Waals surface area contributed by atoms with Gasteiger partial charge in [-0.2, -0.15) is 5.10 Å². The van der Waals surface area contributed by atoms with E-state index in [1.165, 1.54) is 0 Å². The molecule has 24 heavy (non-hydrogen) atoms. The van der Waals surface area contributed by atoms with Crippen LogP contribution in [0, 0.1) is 0 Å². The highest BCUT2D eigenvalue weighted by atomic mass is 32.2. The average molecular weight is 346 g/mol. The zero-order chi connectivity index (χ0) is 17.3. The van der Waals surface area contributed by atoms with Gasteiger partial charge in [0.1, 0.15) is 0 Å². The van der Waals surface area contributed by atoms with Gasteiger partial charge in [-0.3, -0.25) is 19.0 Å². The maximum Gasteiger partial charge on any atom is 0.244 e. The van der Waals surface area contributed by atoms with Crippen molar-refractivity contribution in [3.63, 3.8) is 0 Å². The smallest absolute Gasteiger partial charge is 0.244 e. The number of hydrogen-bond acceptors (Lipinski definition) is 4. The summed E-state index contributed by atoms with van der Waals surface area (Å²) in [6, 6.07) is 7.54. The van der Waals surface area contributed by atoms with E-state index in [2.05, 4.69) is 10.4 Å². The summed E-state index contributed by atoms with van der Waals surface area (Å²) in [5.41, 5.74) is 1.92. The van der Waals surface area contributed by atoms with Crippen molar-refractivity contribution in [2.45, 2.75) is 30.3 Å². The second-order valence-electron chi connectivity index (χ2n) is 6.11. The first kappa shape index (κ1) is 16.9. The van der Waals surface area contributed by atoms with E-state index in [4.69, 9.17) is 0 Å². The van der Waals surface area contributed by atoms with Gasteiger partial charge in [0.25, 0.3) is 0 Å². The minimum atomic E-state index is -0.973. The average Bonchev–Trinajstić information content (AvgIpc) is 3.14. The van der Waals surface area contributed by atoms with Crippen LogP contribution >= 0.6 is 0 Å². The van der Waals surface area contributed by atoms with Gasteiger partial charge in [-0.05, 0) is 31.0 Å². The lowest BCUT2D eigenvalue weighted by Crippen LogP contribution is -2.39. The van der Waals surface area contributed by atoms with Crippen LogP contribution in [0.25, 0.3) is 0 Å². The number of aromatic nitrogens is 2. The van der Waals surface area contributed by atoms with E-state index in [1.54, 1.807) is 22.0 Å². The number of rotatable bonds is 5. The Morgan fingerprint density at radius 2 is 2.04 bits per heavy atom. The van der Waals surface area contributed by atoms with Crippen molar-refractivity contribution in [3.8, 4) is 0 Å². The van der Waals surface area contributed by atoms with Crippen molar-refractivity contribution < 1.29 is 9.00 Å². The first-order valence-electron chi connectivity index (χ1n) is 7.95. The van der Waals surface area contributed by atoms with E-state index >= 15 is 0 Å². The predicted molar refractivity (Wildman–Crippen MR) is 94.3 cm³/mol. The van der Waals surface area contributed by atoms with Gasteiger partial charge in [-0.25, -0.2) is 0 Å². The largest absolute Gasteiger partial charge is 0.308 e. The summed E-state index contributed by atoms with van der Waals surface area (Å²) in [5, 5.41) is 7.53. The third-order valence-corrected chi connectivity index (χ3v) is 5.31. The van der Waals surface area contributed by atoms with E-state index < -0.39 is 10.8 Å². The molecular formula is C17H22N4O2S. The Balaban J connectivity index is 1.65. The van der Waals surface area contributed by atoms with E-state index in [1.807, 2.05) is 44.4 Å². The maximum absolute atomic E-state index is 12.6. The summed E-state index contributed by atoms with van der Waals surface area (Å²) in [5.74, 6) is 0.0844. The summed E-state index contributed by atoms with van der Waals surface area (Å²) in [4.78, 5) is 15.2. The molecule has 128 valence electrons. The van der Waals surface area contributed by atoms with Crippen LogP contribution in [0.2, 0.25) is 0 Å². The molecule has 1 saturated heterocycles. The summed E-state index contributed by atoms with van der Waals surface area (Å²) in [6.45, 7) is 2.74. The summed E-state index contributed by atoms with van der Waals surface area (Å²) in [7, 11) is 0.869. The molecule has 1 aromatic carbocycles. The van der Waals surface area contributed by atoms with Gasteiger partial charge < -0.3 is 4.90 Å². The van der Waals surface area contributed by atoms with Gasteiger partial charge in [0.05, 0.1) is 17.9 Å². The summed E-state index contributed by atoms with van der Waals surface area (Å²) < 4.78 is 13.2. The molecule has 0 bridgehead atoms. The van der Waals surface area contributed by atoms with Gasteiger partial charge >= 0.3 is 0 Å². The van der Waals surface area contributed by atoms with Crippen molar-refractivity contribution in [2.75, 3.05) is 17.7 Å². The lowest BCUT2D eigenvalue weighted by atomic mass is 10.1. The second kappa shape index (κ2) is 6.86. The number of nitrogens with zero attached hydrogens (tertiary/aromatic N) is 3. The standard InChI is InChI=1S/C17H22N4O2S/c1-12(13-4-6-15(7-5-13)24(3)23)19-16-8-9-21(17(16)22)14-10-18-20(2)11-14/h4-7,10-12,16,19H,8-9H2,1-3H3. The minimum Gasteiger partial charge on any atom is -0.308 e. The van der Waals surface area contributed by atoms with Gasteiger partial charge in [0.15, 0.2) is 0 Å². The van der Waals surface area contributed by atoms with E-state index in [-0.39, 0.29) is 18.0 Å². The van der Waals surface area contributed by atoms with Crippen molar-refractivity contribution in [2.24, 2.45) is 7.05 Å². The highest BCUT2D eigenvalue weighted by Gasteiger charge is 2.33. The van der Waals surface area contributed by atoms with Gasteiger partial charge in [-0.15, -0.1) is 0 Å². The third kappa shape index (κ3) is 3.42. The molecule has 0 radical (unpaired) electrons. The number of carbonyl (C=O) groups is 1. The fourth-order valence-corrected chi connectivity index (χ4v) is 3.50. The number of aryl methyl sites for hydroxylation is 1. The summed E-state index contributed by atoms with van der Waals surface area (Å²) >= 11 is 0. The first-order chi connectivity index (χ1) is 11.5. The number of carbonyl (C=O) groups excluding carboxylic acids is 1. The Kier molecular flexibility index (Phi) is 4.82. The van der Waals surface area contributed by atoms with E-state index in [0.29, 0.717) is 6.54 Å². The van der Waals surface area contributed by atoms with Gasteiger partial charge in [0.2, 0.25) is 5.91 Å². The van der Waals surface area contributed by atoms with Gasteiger partial charge in [-0.1, -0.05) is 12.1 Å². The van der Waals surface area contributed by atoms with Crippen LogP contribution in [0.3, 0.4) is 0 Å². The van der Waals surface area contributed by atoms with E-state index in [9.17, 15) is 9.00 Å². The number of hydrogen-bond donors (Lipinski definition) is 1. The number of benzene rings is 1. The molecule has 1 fully saturated rings. The molecule has 2 heterocycles. The highest BCUT2D eigenvalue weighted by Crippen LogP contribution is 2.23. The molecule has 0 aliphatic carbocycles. The molecule has 3 atom stereocenters. The quantitative estimate of drug-likeness (QED) is 0.893. The van der Waals surface area contributed by atoms with Crippen LogP contribution in [0.4, 0.5) is 5.69 Å². The molecule has 1 amide bonds. The number of nitrogens with one attached hydrogen (secondary N) is 1. The Bertz CT molecular complexity index is 756. The zero-order valence-corrected chi connectivity index (χ0v) is 14.9. The molecule has 2 aromatic rings. The van der Waals surface area contributed by atoms with Crippen molar-refractivity contribution >= 4 is 22.4 Å². The normalized spacial score (nSPS) is 20.4. The molecule has 1 aliphatic rings. The lowest BCUT2D eigenvalue weighted by molar-refractivity contribution is -0.119. The monoisotopic (exact) mass is 346 g/mol. The fourth-order valence-electron chi connectivity index (χ4n) is 2.98. The van der Waals surface area contributed by atoms with E-state index in [0.717, 1.165) is 22.6 Å². The molecule has 7 heteroatoms. The second-order valence-corrected chi connectivity index (χ2v) is 7.49. The van der Waals surface area contributed by atoms with Crippen molar-refractivity contribution in [1.82, 2.24) is 15.1 Å². The Labute approximate surface area is 144 Å². The van der Waals surface area contributed by atoms with Crippen LogP contribution in [0.1, 0.15) is 24.9 Å². The van der Waals surface area contributed by atoms with Crippen LogP contribution in [-0.2, 0) is 22.6 Å². The zero-order valence-electron chi connectivity index (χ0n) is 14.1. The number of amides is 1. The molecule has 0 saturated carbocycles. The Morgan fingerprint density at radius 3 is 2.62 bits per heavy atom. The van der Waals surface area contributed by atoms with Crippen LogP contribution in [-0.4, -0.2) is 38.7 Å². The Morgan fingerprint density at radius 1 is 1.33 bits per heavy atom. The summed E-state index contributed by atoms with van der Waals surface area (Å²) in [6.07, 6.45) is 6.01. The molecule has 3 unspecified atom stereocenters. The molecule has 6 nitrogen and oxygen atoms in total.